The number of rotatable bonds is 3. The summed E-state index contributed by atoms with van der Waals surface area (Å²) in [5, 5.41) is 8.90. The normalized spacial score (nSPS) is 17.5. The second kappa shape index (κ2) is 7.23. The highest BCUT2D eigenvalue weighted by atomic mass is 16.5. The molecule has 0 bridgehead atoms. The molecule has 5 heteroatoms. The number of para-hydroxylation sites is 1. The fourth-order valence-electron chi connectivity index (χ4n) is 5.17. The van der Waals surface area contributed by atoms with Crippen molar-refractivity contribution >= 4 is 33.7 Å². The van der Waals surface area contributed by atoms with Gasteiger partial charge in [-0.2, -0.15) is 0 Å². The number of anilines is 3. The van der Waals surface area contributed by atoms with E-state index in [-0.39, 0.29) is 5.78 Å². The van der Waals surface area contributed by atoms with Crippen LogP contribution in [-0.4, -0.2) is 23.5 Å². The summed E-state index contributed by atoms with van der Waals surface area (Å²) in [4.78, 5) is 16.1. The molecule has 2 heterocycles. The van der Waals surface area contributed by atoms with Gasteiger partial charge in [-0.15, -0.1) is 0 Å². The number of aryl methyl sites for hydroxylation is 1. The van der Waals surface area contributed by atoms with E-state index in [2.05, 4.69) is 41.4 Å². The van der Waals surface area contributed by atoms with Crippen molar-refractivity contribution in [3.05, 3.63) is 71.3 Å². The van der Waals surface area contributed by atoms with Gasteiger partial charge in [-0.25, -0.2) is 0 Å². The van der Waals surface area contributed by atoms with E-state index in [1.54, 1.807) is 0 Å². The third kappa shape index (κ3) is 2.77. The molecule has 160 valence electrons. The van der Waals surface area contributed by atoms with E-state index in [1.165, 1.54) is 6.42 Å². The van der Waals surface area contributed by atoms with Crippen LogP contribution >= 0.6 is 0 Å². The monoisotopic (exact) mass is 423 g/mol. The molecule has 6 rings (SSSR count). The van der Waals surface area contributed by atoms with Crippen LogP contribution in [0.15, 0.2) is 59.1 Å². The maximum absolute atomic E-state index is 13.7. The largest absolute Gasteiger partial charge is 0.367 e. The molecule has 1 fully saturated rings. The van der Waals surface area contributed by atoms with Crippen molar-refractivity contribution in [2.24, 2.45) is 0 Å². The third-order valence-electron chi connectivity index (χ3n) is 6.91. The van der Waals surface area contributed by atoms with E-state index in [0.717, 1.165) is 58.5 Å². The van der Waals surface area contributed by atoms with Gasteiger partial charge >= 0.3 is 0 Å². The maximum Gasteiger partial charge on any atom is 0.196 e. The molecule has 1 atom stereocenters. The minimum Gasteiger partial charge on any atom is -0.367 e. The number of hydrogen-bond acceptors (Lipinski definition) is 5. The van der Waals surface area contributed by atoms with E-state index in [0.29, 0.717) is 22.9 Å². The van der Waals surface area contributed by atoms with Crippen molar-refractivity contribution < 1.29 is 9.32 Å². The van der Waals surface area contributed by atoms with Gasteiger partial charge in [-0.3, -0.25) is 4.79 Å². The van der Waals surface area contributed by atoms with Crippen LogP contribution in [0.25, 0.3) is 22.2 Å². The fourth-order valence-corrected chi connectivity index (χ4v) is 5.17. The van der Waals surface area contributed by atoms with Gasteiger partial charge in [0, 0.05) is 29.4 Å². The maximum atomic E-state index is 13.7. The van der Waals surface area contributed by atoms with Crippen LogP contribution in [-0.2, 0) is 0 Å². The van der Waals surface area contributed by atoms with E-state index in [9.17, 15) is 4.79 Å². The Hall–Kier alpha value is -3.60. The first-order valence-corrected chi connectivity index (χ1v) is 11.3. The number of carbonyl (C=O) groups excluding carboxylic acids is 1. The lowest BCUT2D eigenvalue weighted by atomic mass is 9.86. The first-order valence-electron chi connectivity index (χ1n) is 11.3. The lowest BCUT2D eigenvalue weighted by Crippen LogP contribution is -2.37. The van der Waals surface area contributed by atoms with E-state index in [1.807, 2.05) is 42.5 Å². The quantitative estimate of drug-likeness (QED) is 0.360. The number of hydrogen-bond donors (Lipinski definition) is 1. The summed E-state index contributed by atoms with van der Waals surface area (Å²) in [7, 11) is 0. The van der Waals surface area contributed by atoms with Gasteiger partial charge in [0.2, 0.25) is 0 Å². The average Bonchev–Trinajstić information content (AvgIpc) is 3.25. The van der Waals surface area contributed by atoms with Crippen LogP contribution in [0.3, 0.4) is 0 Å². The van der Waals surface area contributed by atoms with Crippen molar-refractivity contribution in [2.75, 3.05) is 16.8 Å². The number of carbonyl (C=O) groups is 1. The molecule has 0 saturated carbocycles. The Morgan fingerprint density at radius 3 is 2.62 bits per heavy atom. The average molecular weight is 424 g/mol. The Balaban J connectivity index is 1.64. The Morgan fingerprint density at radius 1 is 1.03 bits per heavy atom. The van der Waals surface area contributed by atoms with E-state index in [4.69, 9.17) is 4.52 Å². The number of nitrogens with one attached hydrogen (secondary N) is 1. The van der Waals surface area contributed by atoms with Crippen LogP contribution in [0.1, 0.15) is 47.7 Å². The van der Waals surface area contributed by atoms with Crippen LogP contribution in [0.5, 0.6) is 0 Å². The number of benzene rings is 3. The molecule has 1 aliphatic carbocycles. The number of piperidine rings is 1. The zero-order valence-corrected chi connectivity index (χ0v) is 18.3. The molecule has 1 aliphatic heterocycles. The standard InChI is InChI=1S/C27H25N3O2/c1-16-9-3-6-13-20(16)28-21-15-22(30-14-8-7-10-17(30)2)25-24-23(21)26(31)18-11-4-5-12-19(18)27(24)32-29-25/h3-6,9,11-13,15,17,28H,7-8,10,14H2,1-2H3/t17-/m0/s1. The summed E-state index contributed by atoms with van der Waals surface area (Å²) in [6.45, 7) is 5.31. The summed E-state index contributed by atoms with van der Waals surface area (Å²) in [5.41, 5.74) is 6.86. The zero-order chi connectivity index (χ0) is 21.8. The van der Waals surface area contributed by atoms with Gasteiger partial charge in [-0.1, -0.05) is 47.6 Å². The van der Waals surface area contributed by atoms with Crippen molar-refractivity contribution in [1.82, 2.24) is 5.16 Å². The van der Waals surface area contributed by atoms with Crippen molar-refractivity contribution in [2.45, 2.75) is 39.2 Å². The Morgan fingerprint density at radius 2 is 1.81 bits per heavy atom. The lowest BCUT2D eigenvalue weighted by molar-refractivity contribution is 0.104. The highest BCUT2D eigenvalue weighted by Gasteiger charge is 2.34. The smallest absolute Gasteiger partial charge is 0.196 e. The van der Waals surface area contributed by atoms with Crippen molar-refractivity contribution in [1.29, 1.82) is 0 Å². The number of aromatic nitrogens is 1. The molecule has 0 amide bonds. The molecule has 1 N–H and O–H groups in total. The molecule has 1 saturated heterocycles. The summed E-state index contributed by atoms with van der Waals surface area (Å²) in [6, 6.07) is 18.3. The van der Waals surface area contributed by atoms with Gasteiger partial charge in [0.25, 0.3) is 0 Å². The molecule has 3 aromatic carbocycles. The molecule has 0 radical (unpaired) electrons. The molecular formula is C27H25N3O2. The van der Waals surface area contributed by atoms with Gasteiger partial charge in [0.1, 0.15) is 5.52 Å². The molecule has 4 aromatic rings. The minimum absolute atomic E-state index is 0.00984. The van der Waals surface area contributed by atoms with Gasteiger partial charge in [0.15, 0.2) is 11.5 Å². The molecule has 5 nitrogen and oxygen atoms in total. The molecule has 2 aliphatic rings. The summed E-state index contributed by atoms with van der Waals surface area (Å²) in [5.74, 6) is 0.695. The fraction of sp³-hybridized carbons (Fsp3) is 0.259. The predicted molar refractivity (Wildman–Crippen MR) is 128 cm³/mol. The van der Waals surface area contributed by atoms with E-state index < -0.39 is 0 Å². The van der Waals surface area contributed by atoms with Crippen LogP contribution in [0.2, 0.25) is 0 Å². The Bertz CT molecular complexity index is 1370. The highest BCUT2D eigenvalue weighted by Crippen LogP contribution is 2.47. The second-order valence-electron chi connectivity index (χ2n) is 8.91. The van der Waals surface area contributed by atoms with Crippen LogP contribution in [0, 0.1) is 6.92 Å². The van der Waals surface area contributed by atoms with Crippen molar-refractivity contribution in [3.8, 4) is 11.3 Å². The molecule has 0 unspecified atom stereocenters. The molecule has 32 heavy (non-hydrogen) atoms. The first-order chi connectivity index (χ1) is 15.6. The summed E-state index contributed by atoms with van der Waals surface area (Å²) < 4.78 is 5.91. The van der Waals surface area contributed by atoms with Gasteiger partial charge in [-0.05, 0) is 50.8 Å². The predicted octanol–water partition coefficient (Wildman–Crippen LogP) is 6.47. The number of fused-ring (bicyclic) bond motifs is 2. The minimum atomic E-state index is 0.00984. The Labute approximate surface area is 187 Å². The molecular weight excluding hydrogens is 398 g/mol. The molecule has 1 aromatic heterocycles. The third-order valence-corrected chi connectivity index (χ3v) is 6.91. The number of nitrogens with zero attached hydrogens (tertiary/aromatic N) is 2. The summed E-state index contributed by atoms with van der Waals surface area (Å²) in [6.07, 6.45) is 3.54. The van der Waals surface area contributed by atoms with Crippen molar-refractivity contribution in [3.63, 3.8) is 0 Å². The second-order valence-corrected chi connectivity index (χ2v) is 8.91. The van der Waals surface area contributed by atoms with Crippen LogP contribution in [0.4, 0.5) is 17.1 Å². The van der Waals surface area contributed by atoms with Gasteiger partial charge < -0.3 is 14.7 Å². The molecule has 0 spiro atoms. The first kappa shape index (κ1) is 19.1. The van der Waals surface area contributed by atoms with Gasteiger partial charge in [0.05, 0.1) is 22.3 Å². The lowest BCUT2D eigenvalue weighted by Gasteiger charge is -2.36. The summed E-state index contributed by atoms with van der Waals surface area (Å²) >= 11 is 0. The topological polar surface area (TPSA) is 58.4 Å². The zero-order valence-electron chi connectivity index (χ0n) is 18.3. The Kier molecular flexibility index (Phi) is 4.32. The number of ketones is 1. The highest BCUT2D eigenvalue weighted by molar-refractivity contribution is 6.28. The SMILES string of the molecule is Cc1ccccc1Nc1cc(N2CCCC[C@@H]2C)c2noc3c2c1C(=O)c1ccccc1-3. The van der Waals surface area contributed by atoms with Crippen LogP contribution < -0.4 is 10.2 Å². The van der Waals surface area contributed by atoms with E-state index >= 15 is 0 Å².